The van der Waals surface area contributed by atoms with Crippen molar-refractivity contribution in [1.82, 2.24) is 4.98 Å². The summed E-state index contributed by atoms with van der Waals surface area (Å²) >= 11 is 4.89. The molecule has 3 rings (SSSR count). The van der Waals surface area contributed by atoms with E-state index in [1.807, 2.05) is 30.5 Å². The number of nitrogens with zero attached hydrogens (tertiary/aromatic N) is 1. The largest absolute Gasteiger partial charge is 0.402 e. The molecule has 0 saturated heterocycles. The van der Waals surface area contributed by atoms with Crippen molar-refractivity contribution in [3.05, 3.63) is 50.1 Å². The highest BCUT2D eigenvalue weighted by atomic mass is 79.9. The van der Waals surface area contributed by atoms with Crippen molar-refractivity contribution in [2.24, 2.45) is 0 Å². The molecule has 2 heterocycles. The average Bonchev–Trinajstić information content (AvgIpc) is 2.76. The Balaban J connectivity index is 2.32. The lowest BCUT2D eigenvalue weighted by Crippen LogP contribution is -2.02. The predicted molar refractivity (Wildman–Crippen MR) is 76.0 cm³/mol. The second kappa shape index (κ2) is 4.33. The molecule has 0 aliphatic carbocycles. The summed E-state index contributed by atoms with van der Waals surface area (Å²) in [4.78, 5) is 17.2. The van der Waals surface area contributed by atoms with Crippen LogP contribution in [0.1, 0.15) is 5.56 Å². The Bertz CT molecular complexity index is 791. The zero-order valence-electron chi connectivity index (χ0n) is 9.44. The van der Waals surface area contributed by atoms with Crippen LogP contribution in [-0.4, -0.2) is 4.98 Å². The van der Waals surface area contributed by atoms with Gasteiger partial charge in [-0.3, -0.25) is 0 Å². The van der Waals surface area contributed by atoms with E-state index in [9.17, 15) is 4.79 Å². The molecule has 0 fully saturated rings. The van der Waals surface area contributed by atoms with Gasteiger partial charge < -0.3 is 4.42 Å². The van der Waals surface area contributed by atoms with Gasteiger partial charge in [0, 0.05) is 4.47 Å². The van der Waals surface area contributed by atoms with Crippen molar-refractivity contribution < 1.29 is 4.42 Å². The number of hydrogen-bond donors (Lipinski definition) is 0. The molecule has 3 aromatic rings. The standard InChI is InChI=1S/C13H8BrNO2S/c1-7-2-3-10-8(6-7)13(16)17-12(15-10)11-9(14)4-5-18-11/h2-6H,1H3. The van der Waals surface area contributed by atoms with Crippen LogP contribution in [0.25, 0.3) is 21.7 Å². The van der Waals surface area contributed by atoms with E-state index in [0.717, 1.165) is 14.9 Å². The van der Waals surface area contributed by atoms with E-state index in [1.54, 1.807) is 6.07 Å². The molecule has 90 valence electrons. The van der Waals surface area contributed by atoms with E-state index >= 15 is 0 Å². The fourth-order valence-electron chi connectivity index (χ4n) is 1.73. The van der Waals surface area contributed by atoms with Crippen LogP contribution in [0.2, 0.25) is 0 Å². The molecule has 0 unspecified atom stereocenters. The summed E-state index contributed by atoms with van der Waals surface area (Å²) in [5.74, 6) is 0.359. The highest BCUT2D eigenvalue weighted by molar-refractivity contribution is 9.10. The molecule has 0 spiro atoms. The van der Waals surface area contributed by atoms with Crippen LogP contribution in [0, 0.1) is 6.92 Å². The molecule has 0 atom stereocenters. The summed E-state index contributed by atoms with van der Waals surface area (Å²) in [5.41, 5.74) is 1.33. The van der Waals surface area contributed by atoms with Crippen molar-refractivity contribution in [2.75, 3.05) is 0 Å². The molecule has 18 heavy (non-hydrogen) atoms. The Labute approximate surface area is 115 Å². The lowest BCUT2D eigenvalue weighted by Gasteiger charge is -2.01. The molecule has 0 saturated carbocycles. The molecular formula is C13H8BrNO2S. The van der Waals surface area contributed by atoms with E-state index in [0.29, 0.717) is 16.8 Å². The lowest BCUT2D eigenvalue weighted by molar-refractivity contribution is 0.519. The minimum absolute atomic E-state index is 0.348. The predicted octanol–water partition coefficient (Wildman–Crippen LogP) is 3.99. The Hall–Kier alpha value is -1.46. The van der Waals surface area contributed by atoms with Crippen LogP contribution >= 0.6 is 27.3 Å². The summed E-state index contributed by atoms with van der Waals surface area (Å²) in [7, 11) is 0. The smallest absolute Gasteiger partial charge is 0.347 e. The molecule has 1 aromatic carbocycles. The first-order valence-corrected chi connectivity index (χ1v) is 6.97. The average molecular weight is 322 g/mol. The third-order valence-electron chi connectivity index (χ3n) is 2.59. The maximum Gasteiger partial charge on any atom is 0.347 e. The Kier molecular flexibility index (Phi) is 2.80. The van der Waals surface area contributed by atoms with E-state index in [-0.39, 0.29) is 5.63 Å². The Morgan fingerprint density at radius 1 is 1.33 bits per heavy atom. The quantitative estimate of drug-likeness (QED) is 0.680. The number of rotatable bonds is 1. The van der Waals surface area contributed by atoms with Crippen LogP contribution < -0.4 is 5.63 Å². The van der Waals surface area contributed by atoms with Crippen molar-refractivity contribution in [3.63, 3.8) is 0 Å². The summed E-state index contributed by atoms with van der Waals surface area (Å²) in [6.07, 6.45) is 0. The summed E-state index contributed by atoms with van der Waals surface area (Å²) in [6.45, 7) is 1.93. The van der Waals surface area contributed by atoms with Crippen molar-refractivity contribution in [2.45, 2.75) is 6.92 Å². The number of aryl methyl sites for hydroxylation is 1. The minimum atomic E-state index is -0.348. The van der Waals surface area contributed by atoms with E-state index < -0.39 is 0 Å². The van der Waals surface area contributed by atoms with Gasteiger partial charge in [0.05, 0.1) is 10.9 Å². The summed E-state index contributed by atoms with van der Waals surface area (Å²) < 4.78 is 6.17. The first kappa shape index (κ1) is 11.6. The fraction of sp³-hybridized carbons (Fsp3) is 0.0769. The zero-order chi connectivity index (χ0) is 12.7. The van der Waals surface area contributed by atoms with Gasteiger partial charge in [-0.05, 0) is 46.4 Å². The van der Waals surface area contributed by atoms with Crippen molar-refractivity contribution >= 4 is 38.2 Å². The van der Waals surface area contributed by atoms with Gasteiger partial charge in [-0.2, -0.15) is 0 Å². The number of halogens is 1. The maximum atomic E-state index is 11.9. The highest BCUT2D eigenvalue weighted by Gasteiger charge is 2.12. The van der Waals surface area contributed by atoms with Gasteiger partial charge in [0.1, 0.15) is 4.88 Å². The summed E-state index contributed by atoms with van der Waals surface area (Å²) in [5, 5.41) is 2.44. The summed E-state index contributed by atoms with van der Waals surface area (Å²) in [6, 6.07) is 7.47. The molecule has 0 radical (unpaired) electrons. The van der Waals surface area contributed by atoms with Crippen LogP contribution in [0.4, 0.5) is 0 Å². The SMILES string of the molecule is Cc1ccc2nc(-c3sccc3Br)oc(=O)c2c1. The molecular weight excluding hydrogens is 314 g/mol. The van der Waals surface area contributed by atoms with Crippen LogP contribution in [0.5, 0.6) is 0 Å². The van der Waals surface area contributed by atoms with Crippen molar-refractivity contribution in [1.29, 1.82) is 0 Å². The molecule has 5 heteroatoms. The fourth-order valence-corrected chi connectivity index (χ4v) is 3.20. The van der Waals surface area contributed by atoms with Crippen LogP contribution in [0.3, 0.4) is 0 Å². The van der Waals surface area contributed by atoms with Gasteiger partial charge in [-0.25, -0.2) is 9.78 Å². The number of aromatic nitrogens is 1. The molecule has 0 aliphatic heterocycles. The van der Waals surface area contributed by atoms with E-state index in [4.69, 9.17) is 4.42 Å². The lowest BCUT2D eigenvalue weighted by atomic mass is 10.2. The topological polar surface area (TPSA) is 43.1 Å². The third kappa shape index (κ3) is 1.89. The molecule has 0 N–H and O–H groups in total. The molecule has 3 nitrogen and oxygen atoms in total. The highest BCUT2D eigenvalue weighted by Crippen LogP contribution is 2.32. The second-order valence-electron chi connectivity index (χ2n) is 3.92. The van der Waals surface area contributed by atoms with Gasteiger partial charge >= 0.3 is 5.63 Å². The minimum Gasteiger partial charge on any atom is -0.402 e. The number of fused-ring (bicyclic) bond motifs is 1. The van der Waals surface area contributed by atoms with Crippen LogP contribution in [0.15, 0.2) is 43.3 Å². The number of hydrogen-bond acceptors (Lipinski definition) is 4. The Morgan fingerprint density at radius 2 is 2.17 bits per heavy atom. The van der Waals surface area contributed by atoms with Gasteiger partial charge in [-0.1, -0.05) is 11.6 Å². The second-order valence-corrected chi connectivity index (χ2v) is 5.70. The van der Waals surface area contributed by atoms with Crippen LogP contribution in [-0.2, 0) is 0 Å². The van der Waals surface area contributed by atoms with Gasteiger partial charge in [-0.15, -0.1) is 11.3 Å². The maximum absolute atomic E-state index is 11.9. The van der Waals surface area contributed by atoms with Gasteiger partial charge in [0.15, 0.2) is 0 Å². The van der Waals surface area contributed by atoms with E-state index in [1.165, 1.54) is 11.3 Å². The van der Waals surface area contributed by atoms with Crippen molar-refractivity contribution in [3.8, 4) is 10.8 Å². The number of thiophene rings is 1. The molecule has 0 amide bonds. The molecule has 2 aromatic heterocycles. The normalized spacial score (nSPS) is 11.0. The molecule has 0 bridgehead atoms. The Morgan fingerprint density at radius 3 is 2.89 bits per heavy atom. The molecule has 0 aliphatic rings. The first-order chi connectivity index (χ1) is 8.65. The zero-order valence-corrected chi connectivity index (χ0v) is 11.8. The third-order valence-corrected chi connectivity index (χ3v) is 4.42. The monoisotopic (exact) mass is 321 g/mol. The number of benzene rings is 1. The van der Waals surface area contributed by atoms with Gasteiger partial charge in [0.25, 0.3) is 0 Å². The first-order valence-electron chi connectivity index (χ1n) is 5.30. The van der Waals surface area contributed by atoms with E-state index in [2.05, 4.69) is 20.9 Å². The van der Waals surface area contributed by atoms with Gasteiger partial charge in [0.2, 0.25) is 5.89 Å².